The van der Waals surface area contributed by atoms with Gasteiger partial charge in [-0.25, -0.2) is 0 Å². The summed E-state index contributed by atoms with van der Waals surface area (Å²) in [6.45, 7) is 8.60. The van der Waals surface area contributed by atoms with Crippen molar-refractivity contribution in [1.29, 1.82) is 0 Å². The summed E-state index contributed by atoms with van der Waals surface area (Å²) in [7, 11) is 3.24. The fraction of sp³-hybridized carbons (Fsp3) is 0.714. The third-order valence-corrected chi connectivity index (χ3v) is 7.57. The van der Waals surface area contributed by atoms with Crippen LogP contribution >= 0.6 is 0 Å². The van der Waals surface area contributed by atoms with Gasteiger partial charge in [-0.05, 0) is 39.5 Å². The minimum atomic E-state index is -0.884. The maximum atomic E-state index is 12.3. The van der Waals surface area contributed by atoms with E-state index in [2.05, 4.69) is 18.3 Å². The van der Waals surface area contributed by atoms with E-state index in [0.29, 0.717) is 13.0 Å². The van der Waals surface area contributed by atoms with Crippen LogP contribution in [0.5, 0.6) is 0 Å². The van der Waals surface area contributed by atoms with Crippen molar-refractivity contribution in [3.8, 4) is 0 Å². The number of nitrogens with one attached hydrogen (secondary N) is 1. The van der Waals surface area contributed by atoms with Crippen molar-refractivity contribution in [3.05, 3.63) is 36.0 Å². The predicted molar refractivity (Wildman–Crippen MR) is 138 cm³/mol. The Morgan fingerprint density at radius 3 is 2.57 bits per heavy atom. The monoisotopic (exact) mass is 521 g/mol. The molecule has 0 bridgehead atoms. The van der Waals surface area contributed by atoms with E-state index in [1.807, 2.05) is 32.9 Å². The molecule has 37 heavy (non-hydrogen) atoms. The largest absolute Gasteiger partial charge is 0.481 e. The lowest BCUT2D eigenvalue weighted by atomic mass is 9.87. The second-order valence-corrected chi connectivity index (χ2v) is 10.6. The molecule has 0 aliphatic carbocycles. The summed E-state index contributed by atoms with van der Waals surface area (Å²) in [5.41, 5.74) is 0.603. The Morgan fingerprint density at radius 1 is 1.22 bits per heavy atom. The smallest absolute Gasteiger partial charge is 0.305 e. The van der Waals surface area contributed by atoms with Gasteiger partial charge in [0.25, 0.3) is 0 Å². The van der Waals surface area contributed by atoms with E-state index in [-0.39, 0.29) is 54.8 Å². The number of aliphatic carboxylic acids is 1. The van der Waals surface area contributed by atoms with Crippen LogP contribution in [0.15, 0.2) is 36.0 Å². The van der Waals surface area contributed by atoms with Crippen molar-refractivity contribution in [3.63, 3.8) is 0 Å². The summed E-state index contributed by atoms with van der Waals surface area (Å²) < 4.78 is 28.9. The van der Waals surface area contributed by atoms with Crippen LogP contribution in [0.3, 0.4) is 0 Å². The first kappa shape index (κ1) is 29.5. The number of methoxy groups -OCH3 is 2. The number of epoxide rings is 1. The lowest BCUT2D eigenvalue weighted by Gasteiger charge is -2.39. The van der Waals surface area contributed by atoms with Crippen LogP contribution in [0.1, 0.15) is 53.4 Å². The third-order valence-electron chi connectivity index (χ3n) is 7.57. The molecule has 0 saturated carbocycles. The molecule has 2 N–H and O–H groups in total. The Morgan fingerprint density at radius 2 is 1.95 bits per heavy atom. The lowest BCUT2D eigenvalue weighted by Crippen LogP contribution is -2.51. The van der Waals surface area contributed by atoms with Gasteiger partial charge in [0, 0.05) is 26.7 Å². The van der Waals surface area contributed by atoms with Gasteiger partial charge >= 0.3 is 5.97 Å². The summed E-state index contributed by atoms with van der Waals surface area (Å²) in [6.07, 6.45) is 10.1. The highest BCUT2D eigenvalue weighted by Gasteiger charge is 2.59. The number of rotatable bonds is 11. The zero-order valence-corrected chi connectivity index (χ0v) is 22.8. The molecule has 9 atom stereocenters. The highest BCUT2D eigenvalue weighted by molar-refractivity contribution is 5.87. The van der Waals surface area contributed by atoms with E-state index >= 15 is 0 Å². The van der Waals surface area contributed by atoms with Crippen LogP contribution in [0.4, 0.5) is 0 Å². The van der Waals surface area contributed by atoms with Crippen LogP contribution in [0.2, 0.25) is 0 Å². The van der Waals surface area contributed by atoms with E-state index in [0.717, 1.165) is 18.4 Å². The summed E-state index contributed by atoms with van der Waals surface area (Å²) in [5, 5.41) is 12.3. The Labute approximate surface area is 220 Å². The van der Waals surface area contributed by atoms with Crippen LogP contribution in [0.25, 0.3) is 0 Å². The molecule has 3 heterocycles. The second kappa shape index (κ2) is 13.2. The average Bonchev–Trinajstić information content (AvgIpc) is 3.60. The molecule has 208 valence electrons. The molecular formula is C28H43NO8. The van der Waals surface area contributed by atoms with Gasteiger partial charge in [-0.3, -0.25) is 9.59 Å². The van der Waals surface area contributed by atoms with Gasteiger partial charge in [0.15, 0.2) is 0 Å². The Bertz CT molecular complexity index is 879. The summed E-state index contributed by atoms with van der Waals surface area (Å²) in [5.74, 6) is -0.746. The van der Waals surface area contributed by atoms with Crippen LogP contribution < -0.4 is 5.32 Å². The number of amides is 1. The van der Waals surface area contributed by atoms with Gasteiger partial charge in [-0.15, -0.1) is 0 Å². The maximum Gasteiger partial charge on any atom is 0.305 e. The quantitative estimate of drug-likeness (QED) is 0.242. The number of carboxylic acid groups (broad SMARTS) is 1. The van der Waals surface area contributed by atoms with Crippen molar-refractivity contribution in [1.82, 2.24) is 5.32 Å². The first-order valence-electron chi connectivity index (χ1n) is 13.1. The molecule has 3 rings (SSSR count). The Balaban J connectivity index is 1.54. The van der Waals surface area contributed by atoms with E-state index in [4.69, 9.17) is 23.7 Å². The van der Waals surface area contributed by atoms with Crippen molar-refractivity contribution >= 4 is 11.9 Å². The van der Waals surface area contributed by atoms with Crippen LogP contribution in [-0.2, 0) is 33.3 Å². The average molecular weight is 522 g/mol. The molecule has 3 saturated heterocycles. The zero-order valence-electron chi connectivity index (χ0n) is 22.8. The lowest BCUT2D eigenvalue weighted by molar-refractivity contribution is -0.160. The minimum Gasteiger partial charge on any atom is -0.481 e. The fourth-order valence-electron chi connectivity index (χ4n) is 5.19. The topological polar surface area (TPSA) is 116 Å². The number of ether oxygens (including phenoxy) is 5. The standard InChI is InChI=1S/C28H43NO8/c1-17(8-11-24-27(34-6)28(16-35-28)15-21(37-24)14-26(31)32)7-10-23-18(2)13-22(20(4)36-23)29-25(30)12-9-19(3)33-5/h7-9,11-12,18-24,27H,10,13-16H2,1-6H3,(H,29,30)(H,31,32)/t18-,19-,20+,21+,22+,23-,24+,27+,28+/m0/s1. The number of carbonyl (C=O) groups excluding carboxylic acids is 1. The zero-order chi connectivity index (χ0) is 27.2. The molecule has 0 radical (unpaired) electrons. The molecule has 0 unspecified atom stereocenters. The first-order chi connectivity index (χ1) is 17.6. The minimum absolute atomic E-state index is 0.0450. The molecule has 9 nitrogen and oxygen atoms in total. The van der Waals surface area contributed by atoms with Crippen molar-refractivity contribution in [2.45, 2.75) is 102 Å². The van der Waals surface area contributed by atoms with Gasteiger partial charge in [0.05, 0.1) is 43.5 Å². The maximum absolute atomic E-state index is 12.3. The van der Waals surface area contributed by atoms with Gasteiger partial charge in [0.1, 0.15) is 17.8 Å². The molecular weight excluding hydrogens is 478 g/mol. The first-order valence-corrected chi connectivity index (χ1v) is 13.1. The van der Waals surface area contributed by atoms with E-state index in [1.165, 1.54) is 6.08 Å². The Kier molecular flexibility index (Phi) is 10.5. The van der Waals surface area contributed by atoms with Crippen molar-refractivity contribution < 1.29 is 38.4 Å². The van der Waals surface area contributed by atoms with E-state index in [1.54, 1.807) is 20.3 Å². The highest BCUT2D eigenvalue weighted by atomic mass is 16.6. The molecule has 3 aliphatic rings. The van der Waals surface area contributed by atoms with Crippen LogP contribution in [-0.4, -0.2) is 86.1 Å². The van der Waals surface area contributed by atoms with Gasteiger partial charge in [-0.2, -0.15) is 0 Å². The molecule has 0 aromatic rings. The molecule has 1 amide bonds. The summed E-state index contributed by atoms with van der Waals surface area (Å²) in [4.78, 5) is 23.5. The number of allylic oxidation sites excluding steroid dienone is 2. The molecule has 0 aromatic carbocycles. The Hall–Kier alpha value is -2.04. The molecule has 0 aromatic heterocycles. The summed E-state index contributed by atoms with van der Waals surface area (Å²) >= 11 is 0. The van der Waals surface area contributed by atoms with E-state index in [9.17, 15) is 14.7 Å². The number of carboxylic acids is 1. The fourth-order valence-corrected chi connectivity index (χ4v) is 5.19. The van der Waals surface area contributed by atoms with Gasteiger partial charge < -0.3 is 34.1 Å². The number of carbonyl (C=O) groups is 2. The predicted octanol–water partition coefficient (Wildman–Crippen LogP) is 3.18. The highest BCUT2D eigenvalue weighted by Crippen LogP contribution is 2.44. The molecule has 3 aliphatic heterocycles. The van der Waals surface area contributed by atoms with Crippen molar-refractivity contribution in [2.75, 3.05) is 20.8 Å². The van der Waals surface area contributed by atoms with Gasteiger partial charge in [0.2, 0.25) is 5.91 Å². The summed E-state index contributed by atoms with van der Waals surface area (Å²) in [6, 6.07) is -0.0450. The third kappa shape index (κ3) is 8.22. The van der Waals surface area contributed by atoms with Crippen molar-refractivity contribution in [2.24, 2.45) is 5.92 Å². The SMILES string of the molecule is CO[C@@H]1[C@@H](C=CC(C)=CC[C@@H]2O[C@H](C)[C@H](NC(=O)C=C[C@H](C)OC)C[C@@H]2C)O[C@H](CC(=O)O)C[C@@]12CO2. The molecule has 1 spiro atoms. The van der Waals surface area contributed by atoms with E-state index < -0.39 is 17.7 Å². The number of hydrogen-bond acceptors (Lipinski definition) is 7. The normalized spacial score (nSPS) is 37.2. The molecule has 3 fully saturated rings. The molecule has 9 heteroatoms. The number of hydrogen-bond donors (Lipinski definition) is 2. The second-order valence-electron chi connectivity index (χ2n) is 10.6. The van der Waals surface area contributed by atoms with Crippen LogP contribution in [0, 0.1) is 5.92 Å². The van der Waals surface area contributed by atoms with Gasteiger partial charge in [-0.1, -0.05) is 36.8 Å².